The Bertz CT molecular complexity index is 316. The summed E-state index contributed by atoms with van der Waals surface area (Å²) in [6, 6.07) is 0. The number of hydrogen-bond acceptors (Lipinski definition) is 5. The zero-order valence-electron chi connectivity index (χ0n) is 11.9. The first-order chi connectivity index (χ1) is 8.58. The normalized spacial score (nSPS) is 14.6. The number of ether oxygens (including phenoxy) is 1. The van der Waals surface area contributed by atoms with Crippen molar-refractivity contribution in [1.82, 2.24) is 5.32 Å². The van der Waals surface area contributed by atoms with Crippen molar-refractivity contribution in [3.63, 3.8) is 0 Å². The number of alkyl carbamates (subject to hydrolysis) is 1. The van der Waals surface area contributed by atoms with Gasteiger partial charge in [-0.1, -0.05) is 0 Å². The van der Waals surface area contributed by atoms with Crippen LogP contribution in [0.4, 0.5) is 4.79 Å². The molecule has 0 radical (unpaired) electrons. The van der Waals surface area contributed by atoms with Gasteiger partial charge >= 0.3 is 12.1 Å². The Balaban J connectivity index is 4.40. The van der Waals surface area contributed by atoms with Gasteiger partial charge in [-0.25, -0.2) is 4.79 Å². The third-order valence-corrected chi connectivity index (χ3v) is 3.44. The third kappa shape index (κ3) is 9.61. The van der Waals surface area contributed by atoms with Crippen LogP contribution in [-0.4, -0.2) is 51.5 Å². The van der Waals surface area contributed by atoms with Gasteiger partial charge in [-0.2, -0.15) is 11.8 Å². The Morgan fingerprint density at radius 2 is 1.84 bits per heavy atom. The van der Waals surface area contributed by atoms with E-state index >= 15 is 0 Å². The number of rotatable bonds is 7. The highest BCUT2D eigenvalue weighted by Crippen LogP contribution is 2.28. The molecule has 1 atom stereocenters. The number of aliphatic hydroxyl groups excluding tert-OH is 1. The fourth-order valence-electron chi connectivity index (χ4n) is 1.35. The largest absolute Gasteiger partial charge is 0.481 e. The van der Waals surface area contributed by atoms with Gasteiger partial charge in [-0.15, -0.1) is 0 Å². The van der Waals surface area contributed by atoms with Gasteiger partial charge < -0.3 is 20.3 Å². The molecule has 112 valence electrons. The van der Waals surface area contributed by atoms with Crippen LogP contribution in [-0.2, 0) is 9.53 Å². The predicted molar refractivity (Wildman–Crippen MR) is 74.4 cm³/mol. The second-order valence-electron chi connectivity index (χ2n) is 5.45. The smallest absolute Gasteiger partial charge is 0.407 e. The van der Waals surface area contributed by atoms with E-state index in [0.29, 0.717) is 5.75 Å². The Morgan fingerprint density at radius 1 is 1.26 bits per heavy atom. The van der Waals surface area contributed by atoms with Crippen LogP contribution in [0.3, 0.4) is 0 Å². The number of amides is 1. The SMILES string of the molecule is CC(C)(C)OC(=O)NCC(C)(CC(=O)O)SCCO. The minimum Gasteiger partial charge on any atom is -0.481 e. The zero-order chi connectivity index (χ0) is 15.1. The highest BCUT2D eigenvalue weighted by atomic mass is 32.2. The van der Waals surface area contributed by atoms with Crippen LogP contribution in [0.25, 0.3) is 0 Å². The van der Waals surface area contributed by atoms with Gasteiger partial charge in [-0.05, 0) is 27.7 Å². The van der Waals surface area contributed by atoms with Crippen LogP contribution in [0.2, 0.25) is 0 Å². The lowest BCUT2D eigenvalue weighted by Gasteiger charge is -2.28. The number of thioether (sulfide) groups is 1. The molecule has 0 aromatic heterocycles. The maximum absolute atomic E-state index is 11.5. The van der Waals surface area contributed by atoms with Crippen LogP contribution in [0.5, 0.6) is 0 Å². The Morgan fingerprint density at radius 3 is 2.26 bits per heavy atom. The van der Waals surface area contributed by atoms with Crippen molar-refractivity contribution in [2.24, 2.45) is 0 Å². The molecule has 0 aliphatic heterocycles. The molecule has 19 heavy (non-hydrogen) atoms. The minimum absolute atomic E-state index is 0.0354. The van der Waals surface area contributed by atoms with Crippen LogP contribution in [0, 0.1) is 0 Å². The molecule has 0 heterocycles. The quantitative estimate of drug-likeness (QED) is 0.658. The van der Waals surface area contributed by atoms with Crippen LogP contribution < -0.4 is 5.32 Å². The molecule has 0 spiro atoms. The maximum Gasteiger partial charge on any atom is 0.407 e. The lowest BCUT2D eigenvalue weighted by molar-refractivity contribution is -0.137. The summed E-state index contributed by atoms with van der Waals surface area (Å²) in [5.41, 5.74) is -0.592. The summed E-state index contributed by atoms with van der Waals surface area (Å²) in [6.45, 7) is 7.13. The number of nitrogens with one attached hydrogen (secondary N) is 1. The van der Waals surface area contributed by atoms with E-state index in [4.69, 9.17) is 14.9 Å². The molecule has 0 rings (SSSR count). The molecular weight excluding hydrogens is 270 g/mol. The number of hydrogen-bond donors (Lipinski definition) is 3. The highest BCUT2D eigenvalue weighted by molar-refractivity contribution is 8.00. The zero-order valence-corrected chi connectivity index (χ0v) is 12.7. The van der Waals surface area contributed by atoms with Crippen LogP contribution in [0.15, 0.2) is 0 Å². The molecule has 3 N–H and O–H groups in total. The topological polar surface area (TPSA) is 95.9 Å². The molecule has 0 aromatic carbocycles. The molecule has 7 heteroatoms. The summed E-state index contributed by atoms with van der Waals surface area (Å²) in [7, 11) is 0. The number of aliphatic carboxylic acids is 1. The number of carbonyl (C=O) groups is 2. The van der Waals surface area contributed by atoms with Crippen molar-refractivity contribution in [2.45, 2.75) is 44.5 Å². The van der Waals surface area contributed by atoms with Crippen molar-refractivity contribution in [3.05, 3.63) is 0 Å². The summed E-state index contributed by atoms with van der Waals surface area (Å²) >= 11 is 1.31. The molecular formula is C12H23NO5S. The first-order valence-electron chi connectivity index (χ1n) is 6.01. The second-order valence-corrected chi connectivity index (χ2v) is 7.13. The predicted octanol–water partition coefficient (Wildman–Crippen LogP) is 1.47. The Labute approximate surface area is 117 Å². The van der Waals surface area contributed by atoms with Gasteiger partial charge in [0.25, 0.3) is 0 Å². The van der Waals surface area contributed by atoms with Crippen molar-refractivity contribution in [2.75, 3.05) is 18.9 Å². The Kier molecular flexibility index (Phi) is 7.21. The molecule has 0 saturated carbocycles. The van der Waals surface area contributed by atoms with Gasteiger partial charge in [0.2, 0.25) is 0 Å². The van der Waals surface area contributed by atoms with Gasteiger partial charge in [0.15, 0.2) is 0 Å². The molecule has 0 aliphatic carbocycles. The van der Waals surface area contributed by atoms with Crippen LogP contribution in [0.1, 0.15) is 34.1 Å². The average Bonchev–Trinajstić information content (AvgIpc) is 2.21. The molecule has 0 bridgehead atoms. The number of aliphatic hydroxyl groups is 1. The standard InChI is InChI=1S/C12H23NO5S/c1-11(2,3)18-10(17)13-8-12(4,7-9(15)16)19-6-5-14/h14H,5-8H2,1-4H3,(H,13,17)(H,15,16). The van der Waals surface area contributed by atoms with E-state index in [9.17, 15) is 9.59 Å². The third-order valence-electron chi connectivity index (χ3n) is 2.07. The summed E-state index contributed by atoms with van der Waals surface area (Å²) in [5, 5.41) is 20.3. The molecule has 1 amide bonds. The van der Waals surface area contributed by atoms with Gasteiger partial charge in [-0.3, -0.25) is 4.79 Å². The average molecular weight is 293 g/mol. The Hall–Kier alpha value is -0.950. The summed E-state index contributed by atoms with van der Waals surface area (Å²) in [4.78, 5) is 22.4. The van der Waals surface area contributed by atoms with Gasteiger partial charge in [0.05, 0.1) is 13.0 Å². The fourth-order valence-corrected chi connectivity index (χ4v) is 2.33. The maximum atomic E-state index is 11.5. The monoisotopic (exact) mass is 293 g/mol. The minimum atomic E-state index is -0.945. The van der Waals surface area contributed by atoms with E-state index in [-0.39, 0.29) is 19.6 Å². The van der Waals surface area contributed by atoms with E-state index in [2.05, 4.69) is 5.32 Å². The van der Waals surface area contributed by atoms with E-state index in [1.807, 2.05) is 0 Å². The van der Waals surface area contributed by atoms with Gasteiger partial charge in [0.1, 0.15) is 5.60 Å². The molecule has 0 aliphatic rings. The number of carboxylic acids is 1. The summed E-state index contributed by atoms with van der Waals surface area (Å²) in [6.07, 6.45) is -0.679. The lowest BCUT2D eigenvalue weighted by atomic mass is 10.1. The van der Waals surface area contributed by atoms with Crippen molar-refractivity contribution < 1.29 is 24.5 Å². The molecule has 0 fully saturated rings. The lowest BCUT2D eigenvalue weighted by Crippen LogP contribution is -2.42. The second kappa shape index (κ2) is 7.59. The van der Waals surface area contributed by atoms with Crippen molar-refractivity contribution >= 4 is 23.8 Å². The van der Waals surface area contributed by atoms with E-state index < -0.39 is 22.4 Å². The molecule has 0 saturated heterocycles. The first-order valence-corrected chi connectivity index (χ1v) is 7.00. The first kappa shape index (κ1) is 18.0. The van der Waals surface area contributed by atoms with Crippen molar-refractivity contribution in [1.29, 1.82) is 0 Å². The van der Waals surface area contributed by atoms with E-state index in [0.717, 1.165) is 0 Å². The van der Waals surface area contributed by atoms with Crippen LogP contribution >= 0.6 is 11.8 Å². The van der Waals surface area contributed by atoms with Crippen molar-refractivity contribution in [3.8, 4) is 0 Å². The van der Waals surface area contributed by atoms with Gasteiger partial charge in [0, 0.05) is 17.0 Å². The van der Waals surface area contributed by atoms with E-state index in [1.54, 1.807) is 27.7 Å². The van der Waals surface area contributed by atoms with E-state index in [1.165, 1.54) is 11.8 Å². The number of carbonyl (C=O) groups excluding carboxylic acids is 1. The molecule has 1 unspecified atom stereocenters. The highest BCUT2D eigenvalue weighted by Gasteiger charge is 2.29. The molecule has 6 nitrogen and oxygen atoms in total. The molecule has 0 aromatic rings. The summed E-state index contributed by atoms with van der Waals surface area (Å²) < 4.78 is 4.41. The summed E-state index contributed by atoms with van der Waals surface area (Å²) in [5.74, 6) is -0.529. The number of carboxylic acid groups (broad SMARTS) is 1. The fraction of sp³-hybridized carbons (Fsp3) is 0.833.